The Bertz CT molecular complexity index is 319. The Balaban J connectivity index is 3.05. The molecule has 0 saturated heterocycles. The number of aryl methyl sites for hydroxylation is 1. The van der Waals surface area contributed by atoms with Crippen molar-refractivity contribution in [3.05, 3.63) is 17.5 Å². The third-order valence-electron chi connectivity index (χ3n) is 1.90. The van der Waals surface area contributed by atoms with Gasteiger partial charge in [0.25, 0.3) is 0 Å². The third kappa shape index (κ3) is 2.06. The van der Waals surface area contributed by atoms with Gasteiger partial charge in [-0.3, -0.25) is 0 Å². The maximum Gasteiger partial charge on any atom is 0.435 e. The van der Waals surface area contributed by atoms with Crippen LogP contribution in [0.3, 0.4) is 0 Å². The van der Waals surface area contributed by atoms with Crippen molar-refractivity contribution < 1.29 is 17.9 Å². The Kier molecular flexibility index (Phi) is 2.84. The lowest BCUT2D eigenvalue weighted by Gasteiger charge is -2.11. The Morgan fingerprint density at radius 1 is 1.50 bits per heavy atom. The zero-order chi connectivity index (χ0) is 10.9. The van der Waals surface area contributed by atoms with Gasteiger partial charge in [0.1, 0.15) is 6.23 Å². The van der Waals surface area contributed by atoms with Crippen LogP contribution in [-0.2, 0) is 10.9 Å². The first-order valence-corrected chi connectivity index (χ1v) is 4.02. The van der Waals surface area contributed by atoms with Crippen LogP contribution in [0.5, 0.6) is 0 Å². The van der Waals surface area contributed by atoms with Gasteiger partial charge in [-0.2, -0.15) is 18.3 Å². The molecule has 0 spiro atoms. The van der Waals surface area contributed by atoms with E-state index in [1.165, 1.54) is 11.8 Å². The van der Waals surface area contributed by atoms with Gasteiger partial charge < -0.3 is 4.74 Å². The molecule has 0 aliphatic rings. The minimum atomic E-state index is -4.40. The van der Waals surface area contributed by atoms with Gasteiger partial charge in [0.2, 0.25) is 0 Å². The lowest BCUT2D eigenvalue weighted by atomic mass is 10.3. The molecule has 1 aromatic heterocycles. The molecular formula is C8H11F3N2O. The van der Waals surface area contributed by atoms with Crippen LogP contribution in [0.2, 0.25) is 0 Å². The predicted molar refractivity (Wildman–Crippen MR) is 43.7 cm³/mol. The highest BCUT2D eigenvalue weighted by Gasteiger charge is 2.34. The number of aromatic nitrogens is 2. The molecule has 0 bridgehead atoms. The second-order valence-corrected chi connectivity index (χ2v) is 2.95. The number of hydrogen-bond acceptors (Lipinski definition) is 2. The quantitative estimate of drug-likeness (QED) is 0.746. The molecule has 0 aliphatic heterocycles. The van der Waals surface area contributed by atoms with Gasteiger partial charge >= 0.3 is 6.18 Å². The van der Waals surface area contributed by atoms with Gasteiger partial charge in [-0.05, 0) is 19.9 Å². The second kappa shape index (κ2) is 3.61. The lowest BCUT2D eigenvalue weighted by Crippen LogP contribution is -2.12. The van der Waals surface area contributed by atoms with Gasteiger partial charge in [0.15, 0.2) is 5.69 Å². The van der Waals surface area contributed by atoms with Crippen molar-refractivity contribution in [1.29, 1.82) is 0 Å². The Morgan fingerprint density at radius 2 is 2.07 bits per heavy atom. The van der Waals surface area contributed by atoms with Gasteiger partial charge in [0.05, 0.1) is 0 Å². The van der Waals surface area contributed by atoms with E-state index in [1.807, 2.05) is 0 Å². The Labute approximate surface area is 79.5 Å². The molecule has 0 amide bonds. The van der Waals surface area contributed by atoms with E-state index in [9.17, 15) is 13.2 Å². The molecule has 1 unspecified atom stereocenters. The molecule has 0 N–H and O–H groups in total. The molecule has 0 fully saturated rings. The van der Waals surface area contributed by atoms with E-state index in [4.69, 9.17) is 4.74 Å². The number of alkyl halides is 3. The van der Waals surface area contributed by atoms with Crippen LogP contribution in [0, 0.1) is 6.92 Å². The molecule has 1 heterocycles. The van der Waals surface area contributed by atoms with Crippen molar-refractivity contribution in [2.45, 2.75) is 26.3 Å². The first kappa shape index (κ1) is 11.0. The lowest BCUT2D eigenvalue weighted by molar-refractivity contribution is -0.141. The average molecular weight is 208 g/mol. The van der Waals surface area contributed by atoms with E-state index < -0.39 is 18.1 Å². The number of ether oxygens (including phenoxy) is 1. The van der Waals surface area contributed by atoms with Gasteiger partial charge in [-0.15, -0.1) is 0 Å². The van der Waals surface area contributed by atoms with Crippen molar-refractivity contribution in [1.82, 2.24) is 9.78 Å². The highest BCUT2D eigenvalue weighted by atomic mass is 19.4. The normalized spacial score (nSPS) is 14.4. The number of rotatable bonds is 2. The maximum absolute atomic E-state index is 12.2. The van der Waals surface area contributed by atoms with E-state index in [2.05, 4.69) is 5.10 Å². The van der Waals surface area contributed by atoms with Crippen molar-refractivity contribution in [2.24, 2.45) is 0 Å². The monoisotopic (exact) mass is 208 g/mol. The number of hydrogen-bond donors (Lipinski definition) is 0. The zero-order valence-corrected chi connectivity index (χ0v) is 8.09. The van der Waals surface area contributed by atoms with Crippen molar-refractivity contribution in [3.63, 3.8) is 0 Å². The van der Waals surface area contributed by atoms with E-state index in [1.54, 1.807) is 13.8 Å². The zero-order valence-electron chi connectivity index (χ0n) is 8.09. The molecule has 6 heteroatoms. The van der Waals surface area contributed by atoms with Crippen LogP contribution in [0.15, 0.2) is 6.07 Å². The van der Waals surface area contributed by atoms with Gasteiger partial charge in [-0.1, -0.05) is 0 Å². The van der Waals surface area contributed by atoms with Crippen LogP contribution < -0.4 is 0 Å². The molecule has 14 heavy (non-hydrogen) atoms. The summed E-state index contributed by atoms with van der Waals surface area (Å²) in [6, 6.07) is 0.996. The molecule has 1 atom stereocenters. The maximum atomic E-state index is 12.2. The Morgan fingerprint density at radius 3 is 2.43 bits per heavy atom. The second-order valence-electron chi connectivity index (χ2n) is 2.95. The van der Waals surface area contributed by atoms with Crippen LogP contribution in [-0.4, -0.2) is 16.9 Å². The SMILES string of the molecule is COC(C)n1nc(C(F)(F)F)cc1C. The van der Waals surface area contributed by atoms with Crippen LogP contribution in [0.4, 0.5) is 13.2 Å². The fourth-order valence-corrected chi connectivity index (χ4v) is 1.09. The first-order valence-electron chi connectivity index (χ1n) is 4.02. The van der Waals surface area contributed by atoms with E-state index in [0.29, 0.717) is 5.69 Å². The molecule has 0 saturated carbocycles. The van der Waals surface area contributed by atoms with Crippen LogP contribution in [0.1, 0.15) is 24.5 Å². The summed E-state index contributed by atoms with van der Waals surface area (Å²) in [6.45, 7) is 3.18. The molecule has 80 valence electrons. The summed E-state index contributed by atoms with van der Waals surface area (Å²) < 4.78 is 42.8. The summed E-state index contributed by atoms with van der Waals surface area (Å²) in [4.78, 5) is 0. The fourth-order valence-electron chi connectivity index (χ4n) is 1.09. The summed E-state index contributed by atoms with van der Waals surface area (Å²) >= 11 is 0. The minimum Gasteiger partial charge on any atom is -0.360 e. The van der Waals surface area contributed by atoms with Crippen molar-refractivity contribution >= 4 is 0 Å². The number of methoxy groups -OCH3 is 1. The molecule has 1 rings (SSSR count). The van der Waals surface area contributed by atoms with Crippen molar-refractivity contribution in [2.75, 3.05) is 7.11 Å². The minimum absolute atomic E-state index is 0.423. The molecule has 0 radical (unpaired) electrons. The first-order chi connectivity index (χ1) is 6.36. The van der Waals surface area contributed by atoms with Crippen LogP contribution in [0.25, 0.3) is 0 Å². The summed E-state index contributed by atoms with van der Waals surface area (Å²) in [5.74, 6) is 0. The van der Waals surface area contributed by atoms with Crippen molar-refractivity contribution in [3.8, 4) is 0 Å². The van der Waals surface area contributed by atoms with Gasteiger partial charge in [-0.25, -0.2) is 4.68 Å². The molecule has 0 aliphatic carbocycles. The average Bonchev–Trinajstić information content (AvgIpc) is 2.45. The number of nitrogens with zero attached hydrogens (tertiary/aromatic N) is 2. The van der Waals surface area contributed by atoms with Crippen LogP contribution >= 0.6 is 0 Å². The largest absolute Gasteiger partial charge is 0.435 e. The van der Waals surface area contributed by atoms with Gasteiger partial charge in [0, 0.05) is 12.8 Å². The number of halogens is 3. The van der Waals surface area contributed by atoms with E-state index in [0.717, 1.165) is 6.07 Å². The molecular weight excluding hydrogens is 197 g/mol. The standard InChI is InChI=1S/C8H11F3N2O/c1-5-4-7(8(9,10)11)12-13(5)6(2)14-3/h4,6H,1-3H3. The summed E-state index contributed by atoms with van der Waals surface area (Å²) in [5, 5.41) is 3.42. The summed E-state index contributed by atoms with van der Waals surface area (Å²) in [5.41, 5.74) is -0.467. The fraction of sp³-hybridized carbons (Fsp3) is 0.625. The molecule has 0 aromatic carbocycles. The summed E-state index contributed by atoms with van der Waals surface area (Å²) in [6.07, 6.45) is -4.89. The molecule has 1 aromatic rings. The highest BCUT2D eigenvalue weighted by Crippen LogP contribution is 2.29. The predicted octanol–water partition coefficient (Wildman–Crippen LogP) is 2.38. The molecule has 3 nitrogen and oxygen atoms in total. The smallest absolute Gasteiger partial charge is 0.360 e. The Hall–Kier alpha value is -1.04. The highest BCUT2D eigenvalue weighted by molar-refractivity contribution is 5.11. The third-order valence-corrected chi connectivity index (χ3v) is 1.90. The van der Waals surface area contributed by atoms with E-state index in [-0.39, 0.29) is 0 Å². The van der Waals surface area contributed by atoms with E-state index >= 15 is 0 Å². The summed E-state index contributed by atoms with van der Waals surface area (Å²) in [7, 11) is 1.42. The topological polar surface area (TPSA) is 27.1 Å².